The molecule has 1 atom stereocenters. The Kier molecular flexibility index (Phi) is 2.72. The van der Waals surface area contributed by atoms with Gasteiger partial charge in [0.05, 0.1) is 5.52 Å². The third-order valence-corrected chi connectivity index (χ3v) is 3.08. The molecule has 1 aromatic carbocycles. The van der Waals surface area contributed by atoms with Crippen LogP contribution in [0.25, 0.3) is 10.9 Å². The van der Waals surface area contributed by atoms with Crippen molar-refractivity contribution in [2.24, 2.45) is 5.73 Å². The number of carbonyl (C=O) groups is 1. The number of nitrogens with zero attached hydrogens (tertiary/aromatic N) is 1. The lowest BCUT2D eigenvalue weighted by atomic mass is 10.0. The van der Waals surface area contributed by atoms with Crippen molar-refractivity contribution < 1.29 is 19.4 Å². The first-order valence-corrected chi connectivity index (χ1v) is 5.81. The molecule has 0 amide bonds. The Morgan fingerprint density at radius 1 is 1.42 bits per heavy atom. The number of fused-ring (bicyclic) bond motifs is 2. The minimum atomic E-state index is -1.02. The van der Waals surface area contributed by atoms with Crippen LogP contribution < -0.4 is 15.2 Å². The Morgan fingerprint density at radius 2 is 2.16 bits per heavy atom. The van der Waals surface area contributed by atoms with Crippen molar-refractivity contribution in [3.8, 4) is 11.5 Å². The molecule has 0 saturated heterocycles. The number of aliphatic carboxylic acids is 1. The molecule has 3 N–H and O–H groups in total. The third-order valence-electron chi connectivity index (χ3n) is 3.08. The average molecular weight is 260 g/mol. The molecule has 0 spiro atoms. The van der Waals surface area contributed by atoms with E-state index in [4.69, 9.17) is 20.3 Å². The number of hydrogen-bond donors (Lipinski definition) is 2. The summed E-state index contributed by atoms with van der Waals surface area (Å²) in [5.41, 5.74) is 7.14. The lowest BCUT2D eigenvalue weighted by molar-refractivity contribution is -0.138. The Morgan fingerprint density at radius 3 is 2.89 bits per heavy atom. The van der Waals surface area contributed by atoms with Gasteiger partial charge in [0, 0.05) is 17.6 Å². The van der Waals surface area contributed by atoms with Crippen LogP contribution in [0.2, 0.25) is 0 Å². The van der Waals surface area contributed by atoms with Gasteiger partial charge in [-0.05, 0) is 24.1 Å². The fraction of sp³-hybridized carbons (Fsp3) is 0.231. The van der Waals surface area contributed by atoms with E-state index in [9.17, 15) is 4.79 Å². The second-order valence-corrected chi connectivity index (χ2v) is 4.34. The van der Waals surface area contributed by atoms with Crippen LogP contribution in [0, 0.1) is 0 Å². The minimum absolute atomic E-state index is 0.190. The molecule has 1 aliphatic rings. The topological polar surface area (TPSA) is 94.7 Å². The number of carboxylic acids is 1. The van der Waals surface area contributed by atoms with E-state index in [0.29, 0.717) is 11.5 Å². The summed E-state index contributed by atoms with van der Waals surface area (Å²) in [5, 5.41) is 9.72. The maximum Gasteiger partial charge on any atom is 0.320 e. The molecule has 2 heterocycles. The molecule has 0 radical (unpaired) electrons. The van der Waals surface area contributed by atoms with E-state index in [1.165, 1.54) is 0 Å². The molecular weight excluding hydrogens is 248 g/mol. The highest BCUT2D eigenvalue weighted by Crippen LogP contribution is 2.36. The smallest absolute Gasteiger partial charge is 0.320 e. The maximum absolute atomic E-state index is 10.8. The zero-order valence-corrected chi connectivity index (χ0v) is 10.00. The molecule has 1 unspecified atom stereocenters. The quantitative estimate of drug-likeness (QED) is 0.852. The van der Waals surface area contributed by atoms with Crippen molar-refractivity contribution in [3.05, 3.63) is 30.0 Å². The van der Waals surface area contributed by atoms with Gasteiger partial charge in [-0.1, -0.05) is 0 Å². The normalized spacial score (nSPS) is 14.6. The predicted octanol–water partition coefficient (Wildman–Crippen LogP) is 0.918. The predicted molar refractivity (Wildman–Crippen MR) is 67.2 cm³/mol. The number of ether oxygens (including phenoxy) is 2. The van der Waals surface area contributed by atoms with Gasteiger partial charge in [-0.15, -0.1) is 0 Å². The molecular formula is C13H12N2O4. The second kappa shape index (κ2) is 4.40. The number of nitrogens with two attached hydrogens (primary N) is 1. The first-order chi connectivity index (χ1) is 9.15. The molecule has 3 rings (SSSR count). The minimum Gasteiger partial charge on any atom is -0.480 e. The molecule has 1 aliphatic heterocycles. The number of benzene rings is 1. The molecule has 2 aromatic rings. The molecule has 6 heteroatoms. The van der Waals surface area contributed by atoms with E-state index in [-0.39, 0.29) is 13.2 Å². The van der Waals surface area contributed by atoms with Crippen molar-refractivity contribution in [2.75, 3.05) is 6.79 Å². The monoisotopic (exact) mass is 260 g/mol. The Labute approximate surface area is 108 Å². The van der Waals surface area contributed by atoms with Gasteiger partial charge in [-0.25, -0.2) is 0 Å². The number of aromatic nitrogens is 1. The highest BCUT2D eigenvalue weighted by Gasteiger charge is 2.18. The summed E-state index contributed by atoms with van der Waals surface area (Å²) in [6.45, 7) is 0.190. The van der Waals surface area contributed by atoms with E-state index in [2.05, 4.69) is 4.98 Å². The van der Waals surface area contributed by atoms with Gasteiger partial charge in [-0.3, -0.25) is 9.78 Å². The summed E-state index contributed by atoms with van der Waals surface area (Å²) in [5.74, 6) is 0.274. The molecule has 19 heavy (non-hydrogen) atoms. The Hall–Kier alpha value is -2.34. The van der Waals surface area contributed by atoms with Gasteiger partial charge in [0.25, 0.3) is 0 Å². The molecule has 0 aliphatic carbocycles. The summed E-state index contributed by atoms with van der Waals surface area (Å²) in [7, 11) is 0. The Balaban J connectivity index is 2.07. The lowest BCUT2D eigenvalue weighted by Gasteiger charge is -2.09. The van der Waals surface area contributed by atoms with Crippen molar-refractivity contribution >= 4 is 16.9 Å². The first kappa shape index (κ1) is 11.7. The van der Waals surface area contributed by atoms with Gasteiger partial charge < -0.3 is 20.3 Å². The molecule has 0 saturated carbocycles. The van der Waals surface area contributed by atoms with Gasteiger partial charge >= 0.3 is 5.97 Å². The van der Waals surface area contributed by atoms with Gasteiger partial charge in [0.2, 0.25) is 6.79 Å². The van der Waals surface area contributed by atoms with Crippen LogP contribution >= 0.6 is 0 Å². The summed E-state index contributed by atoms with van der Waals surface area (Å²) in [4.78, 5) is 15.1. The summed E-state index contributed by atoms with van der Waals surface area (Å²) >= 11 is 0. The number of rotatable bonds is 3. The second-order valence-electron chi connectivity index (χ2n) is 4.34. The van der Waals surface area contributed by atoms with Crippen LogP contribution in [0.5, 0.6) is 11.5 Å². The van der Waals surface area contributed by atoms with Gasteiger partial charge in [0.15, 0.2) is 11.5 Å². The first-order valence-electron chi connectivity index (χ1n) is 5.81. The fourth-order valence-electron chi connectivity index (χ4n) is 2.09. The van der Waals surface area contributed by atoms with Crippen LogP contribution in [0.15, 0.2) is 24.4 Å². The van der Waals surface area contributed by atoms with Crippen LogP contribution in [0.1, 0.15) is 5.56 Å². The lowest BCUT2D eigenvalue weighted by Crippen LogP contribution is -2.32. The van der Waals surface area contributed by atoms with Crippen molar-refractivity contribution in [1.82, 2.24) is 4.98 Å². The third kappa shape index (κ3) is 2.06. The number of pyridine rings is 1. The molecule has 0 fully saturated rings. The highest BCUT2D eigenvalue weighted by atomic mass is 16.7. The van der Waals surface area contributed by atoms with Crippen molar-refractivity contribution in [2.45, 2.75) is 12.5 Å². The fourth-order valence-corrected chi connectivity index (χ4v) is 2.09. The molecule has 0 bridgehead atoms. The van der Waals surface area contributed by atoms with E-state index < -0.39 is 12.0 Å². The van der Waals surface area contributed by atoms with E-state index in [0.717, 1.165) is 16.5 Å². The van der Waals surface area contributed by atoms with Gasteiger partial charge in [-0.2, -0.15) is 0 Å². The van der Waals surface area contributed by atoms with Crippen LogP contribution in [-0.2, 0) is 11.2 Å². The average Bonchev–Trinajstić information content (AvgIpc) is 2.83. The van der Waals surface area contributed by atoms with E-state index >= 15 is 0 Å². The zero-order chi connectivity index (χ0) is 13.4. The molecule has 1 aromatic heterocycles. The van der Waals surface area contributed by atoms with Crippen molar-refractivity contribution in [1.29, 1.82) is 0 Å². The molecule has 98 valence electrons. The van der Waals surface area contributed by atoms with E-state index in [1.54, 1.807) is 18.3 Å². The number of hydrogen-bond acceptors (Lipinski definition) is 5. The van der Waals surface area contributed by atoms with Crippen LogP contribution in [-0.4, -0.2) is 28.9 Å². The van der Waals surface area contributed by atoms with Crippen LogP contribution in [0.4, 0.5) is 0 Å². The summed E-state index contributed by atoms with van der Waals surface area (Å²) < 4.78 is 10.6. The Bertz CT molecular complexity index is 656. The largest absolute Gasteiger partial charge is 0.480 e. The van der Waals surface area contributed by atoms with Crippen LogP contribution in [0.3, 0.4) is 0 Å². The standard InChI is InChI=1S/C13H12N2O4/c14-9(13(16)17)3-7-1-2-15-10-5-12-11(4-8(7)10)18-6-19-12/h1-2,4-5,9H,3,6,14H2,(H,16,17). The number of carboxylic acid groups (broad SMARTS) is 1. The SMILES string of the molecule is NC(Cc1ccnc2cc3c(cc12)OCO3)C(=O)O. The summed E-state index contributed by atoms with van der Waals surface area (Å²) in [6, 6.07) is 4.44. The molecule has 6 nitrogen and oxygen atoms in total. The highest BCUT2D eigenvalue weighted by molar-refractivity contribution is 5.86. The maximum atomic E-state index is 10.8. The van der Waals surface area contributed by atoms with E-state index in [1.807, 2.05) is 6.07 Å². The zero-order valence-electron chi connectivity index (χ0n) is 10.00. The van der Waals surface area contributed by atoms with Gasteiger partial charge in [0.1, 0.15) is 6.04 Å². The summed E-state index contributed by atoms with van der Waals surface area (Å²) in [6.07, 6.45) is 1.88. The van der Waals surface area contributed by atoms with Crippen molar-refractivity contribution in [3.63, 3.8) is 0 Å².